The average molecular weight is 270 g/mol. The van der Waals surface area contributed by atoms with Crippen LogP contribution in [0.25, 0.3) is 5.82 Å². The first-order chi connectivity index (χ1) is 9.83. The summed E-state index contributed by atoms with van der Waals surface area (Å²) in [5, 5.41) is 7.17. The average Bonchev–Trinajstić information content (AvgIpc) is 3.17. The summed E-state index contributed by atoms with van der Waals surface area (Å²) in [7, 11) is 0. The topological polar surface area (TPSA) is 59.8 Å². The summed E-state index contributed by atoms with van der Waals surface area (Å²) in [5.74, 6) is 1.16. The molecule has 5 heteroatoms. The predicted octanol–water partition coefficient (Wildman–Crippen LogP) is 2.07. The minimum atomic E-state index is 0.181. The van der Waals surface area contributed by atoms with Gasteiger partial charge >= 0.3 is 0 Å². The number of rotatable bonds is 4. The molecule has 3 rings (SSSR count). The first-order valence-electron chi connectivity index (χ1n) is 7.05. The maximum atomic E-state index is 12.0. The summed E-state index contributed by atoms with van der Waals surface area (Å²) in [5.41, 5.74) is 1.04. The van der Waals surface area contributed by atoms with Crippen LogP contribution < -0.4 is 5.32 Å². The predicted molar refractivity (Wildman–Crippen MR) is 75.2 cm³/mol. The number of aromatic nitrogens is 3. The second-order valence-electron chi connectivity index (χ2n) is 5.17. The van der Waals surface area contributed by atoms with E-state index in [1.54, 1.807) is 17.1 Å². The van der Waals surface area contributed by atoms with Crippen LogP contribution in [0.5, 0.6) is 0 Å². The Hall–Kier alpha value is -2.17. The molecule has 0 saturated heterocycles. The lowest BCUT2D eigenvalue weighted by molar-refractivity contribution is -0.124. The van der Waals surface area contributed by atoms with Crippen LogP contribution in [0.3, 0.4) is 0 Å². The Bertz CT molecular complexity index is 573. The van der Waals surface area contributed by atoms with Crippen molar-refractivity contribution in [3.05, 3.63) is 42.4 Å². The van der Waals surface area contributed by atoms with E-state index in [2.05, 4.69) is 15.4 Å². The van der Waals surface area contributed by atoms with Gasteiger partial charge in [0.25, 0.3) is 0 Å². The van der Waals surface area contributed by atoms with Gasteiger partial charge in [-0.3, -0.25) is 4.79 Å². The quantitative estimate of drug-likeness (QED) is 0.925. The Kier molecular flexibility index (Phi) is 3.76. The highest BCUT2D eigenvalue weighted by Crippen LogP contribution is 2.24. The number of carbonyl (C=O) groups is 1. The maximum Gasteiger partial charge on any atom is 0.223 e. The summed E-state index contributed by atoms with van der Waals surface area (Å²) >= 11 is 0. The Morgan fingerprint density at radius 1 is 1.35 bits per heavy atom. The van der Waals surface area contributed by atoms with Crippen LogP contribution in [-0.4, -0.2) is 20.7 Å². The molecule has 0 radical (unpaired) electrons. The molecule has 1 fully saturated rings. The Balaban J connectivity index is 1.63. The number of hydrogen-bond donors (Lipinski definition) is 1. The molecule has 0 unspecified atom stereocenters. The molecule has 2 heterocycles. The third-order valence-electron chi connectivity index (χ3n) is 3.74. The van der Waals surface area contributed by atoms with Crippen LogP contribution in [0, 0.1) is 5.92 Å². The minimum absolute atomic E-state index is 0.181. The summed E-state index contributed by atoms with van der Waals surface area (Å²) in [6, 6.07) is 5.72. The van der Waals surface area contributed by atoms with Gasteiger partial charge in [0, 0.05) is 31.1 Å². The Labute approximate surface area is 118 Å². The van der Waals surface area contributed by atoms with Crippen LogP contribution in [-0.2, 0) is 11.3 Å². The van der Waals surface area contributed by atoms with E-state index < -0.39 is 0 Å². The summed E-state index contributed by atoms with van der Waals surface area (Å²) in [6.07, 6.45) is 9.72. The van der Waals surface area contributed by atoms with E-state index in [0.717, 1.165) is 24.2 Å². The molecule has 1 saturated carbocycles. The van der Waals surface area contributed by atoms with Crippen molar-refractivity contribution in [1.29, 1.82) is 0 Å². The van der Waals surface area contributed by atoms with Gasteiger partial charge in [0.1, 0.15) is 0 Å². The van der Waals surface area contributed by atoms with E-state index >= 15 is 0 Å². The van der Waals surface area contributed by atoms with Gasteiger partial charge in [-0.15, -0.1) is 0 Å². The Morgan fingerprint density at radius 3 is 2.95 bits per heavy atom. The molecule has 1 amide bonds. The zero-order valence-electron chi connectivity index (χ0n) is 11.3. The number of nitrogens with zero attached hydrogens (tertiary/aromatic N) is 3. The van der Waals surface area contributed by atoms with Gasteiger partial charge in [-0.05, 0) is 36.6 Å². The number of nitrogens with one attached hydrogen (secondary N) is 1. The van der Waals surface area contributed by atoms with Crippen molar-refractivity contribution in [3.63, 3.8) is 0 Å². The molecular formula is C15H18N4O. The van der Waals surface area contributed by atoms with Crippen LogP contribution in [0.4, 0.5) is 0 Å². The van der Waals surface area contributed by atoms with Crippen LogP contribution in [0.15, 0.2) is 36.8 Å². The fraction of sp³-hybridized carbons (Fsp3) is 0.400. The lowest BCUT2D eigenvalue weighted by Crippen LogP contribution is -2.28. The number of carbonyl (C=O) groups excluding carboxylic acids is 1. The fourth-order valence-corrected chi connectivity index (χ4v) is 2.62. The van der Waals surface area contributed by atoms with Crippen molar-refractivity contribution < 1.29 is 4.79 Å². The highest BCUT2D eigenvalue weighted by Gasteiger charge is 2.22. The molecule has 0 atom stereocenters. The number of hydrogen-bond acceptors (Lipinski definition) is 3. The van der Waals surface area contributed by atoms with Crippen LogP contribution >= 0.6 is 0 Å². The SMILES string of the molecule is O=C(NCc1ccnc(-n2cccn2)c1)C1CCCC1. The Morgan fingerprint density at radius 2 is 2.20 bits per heavy atom. The van der Waals surface area contributed by atoms with Crippen molar-refractivity contribution >= 4 is 5.91 Å². The molecule has 1 aliphatic carbocycles. The molecule has 0 bridgehead atoms. The standard InChI is InChI=1S/C15H18N4O/c20-15(13-4-1-2-5-13)17-11-12-6-8-16-14(10-12)19-9-3-7-18-19/h3,6-10,13H,1-2,4-5,11H2,(H,17,20). The van der Waals surface area contributed by atoms with Crippen molar-refractivity contribution in [3.8, 4) is 5.82 Å². The zero-order valence-corrected chi connectivity index (χ0v) is 11.3. The first kappa shape index (κ1) is 12.8. The number of pyridine rings is 1. The molecule has 0 spiro atoms. The van der Waals surface area contributed by atoms with Crippen molar-refractivity contribution in [2.24, 2.45) is 5.92 Å². The van der Waals surface area contributed by atoms with Crippen LogP contribution in [0.2, 0.25) is 0 Å². The molecule has 1 aliphatic rings. The molecule has 0 aliphatic heterocycles. The second-order valence-corrected chi connectivity index (χ2v) is 5.17. The van der Waals surface area contributed by atoms with E-state index in [0.29, 0.717) is 6.54 Å². The zero-order chi connectivity index (χ0) is 13.8. The molecule has 2 aromatic rings. The summed E-state index contributed by atoms with van der Waals surface area (Å²) < 4.78 is 1.71. The third-order valence-corrected chi connectivity index (χ3v) is 3.74. The molecular weight excluding hydrogens is 252 g/mol. The molecule has 104 valence electrons. The largest absolute Gasteiger partial charge is 0.352 e. The van der Waals surface area contributed by atoms with Gasteiger partial charge < -0.3 is 5.32 Å². The smallest absolute Gasteiger partial charge is 0.223 e. The minimum Gasteiger partial charge on any atom is -0.352 e. The van der Waals surface area contributed by atoms with Crippen molar-refractivity contribution in [2.45, 2.75) is 32.2 Å². The highest BCUT2D eigenvalue weighted by molar-refractivity contribution is 5.78. The molecule has 20 heavy (non-hydrogen) atoms. The highest BCUT2D eigenvalue weighted by atomic mass is 16.1. The van der Waals surface area contributed by atoms with E-state index in [1.165, 1.54) is 12.8 Å². The summed E-state index contributed by atoms with van der Waals surface area (Å²) in [4.78, 5) is 16.3. The monoisotopic (exact) mass is 270 g/mol. The van der Waals surface area contributed by atoms with E-state index in [-0.39, 0.29) is 11.8 Å². The molecule has 1 N–H and O–H groups in total. The normalized spacial score (nSPS) is 15.4. The van der Waals surface area contributed by atoms with Gasteiger partial charge in [0.2, 0.25) is 5.91 Å². The lowest BCUT2D eigenvalue weighted by Gasteiger charge is -2.10. The van der Waals surface area contributed by atoms with E-state index in [9.17, 15) is 4.79 Å². The maximum absolute atomic E-state index is 12.0. The third kappa shape index (κ3) is 2.87. The van der Waals surface area contributed by atoms with Crippen molar-refractivity contribution in [2.75, 3.05) is 0 Å². The summed E-state index contributed by atoms with van der Waals surface area (Å²) in [6.45, 7) is 0.548. The van der Waals surface area contributed by atoms with Gasteiger partial charge in [0.05, 0.1) is 0 Å². The van der Waals surface area contributed by atoms with Gasteiger partial charge in [-0.25, -0.2) is 9.67 Å². The fourth-order valence-electron chi connectivity index (χ4n) is 2.62. The van der Waals surface area contributed by atoms with E-state index in [4.69, 9.17) is 0 Å². The van der Waals surface area contributed by atoms with Gasteiger partial charge in [-0.2, -0.15) is 5.10 Å². The molecule has 5 nitrogen and oxygen atoms in total. The van der Waals surface area contributed by atoms with Crippen molar-refractivity contribution in [1.82, 2.24) is 20.1 Å². The van der Waals surface area contributed by atoms with E-state index in [1.807, 2.05) is 24.4 Å². The van der Waals surface area contributed by atoms with Crippen LogP contribution in [0.1, 0.15) is 31.2 Å². The number of amides is 1. The lowest BCUT2D eigenvalue weighted by atomic mass is 10.1. The molecule has 0 aromatic carbocycles. The second kappa shape index (κ2) is 5.86. The molecule has 2 aromatic heterocycles. The first-order valence-corrected chi connectivity index (χ1v) is 7.05. The van der Waals surface area contributed by atoms with Gasteiger partial charge in [0.15, 0.2) is 5.82 Å². The van der Waals surface area contributed by atoms with Gasteiger partial charge in [-0.1, -0.05) is 12.8 Å².